The third-order valence-electron chi connectivity index (χ3n) is 4.60. The van der Waals surface area contributed by atoms with Gasteiger partial charge in [-0.2, -0.15) is 0 Å². The van der Waals surface area contributed by atoms with Crippen molar-refractivity contribution in [3.05, 3.63) is 0 Å². The normalized spacial score (nSPS) is 30.2. The molecule has 0 amide bonds. The van der Waals surface area contributed by atoms with Crippen LogP contribution in [0.2, 0.25) is 6.04 Å². The van der Waals surface area contributed by atoms with Crippen LogP contribution in [0.3, 0.4) is 0 Å². The second-order valence-corrected chi connectivity index (χ2v) is 8.69. The predicted molar refractivity (Wildman–Crippen MR) is 79.0 cm³/mol. The summed E-state index contributed by atoms with van der Waals surface area (Å²) in [5.41, 5.74) is 0. The lowest BCUT2D eigenvalue weighted by atomic mass is 9.87. The first-order valence-corrected chi connectivity index (χ1v) is 10.1. The zero-order valence-corrected chi connectivity index (χ0v) is 13.8. The fourth-order valence-corrected chi connectivity index (χ4v) is 6.36. The standard InChI is InChI=1S/C15H30O3Si/c1-4-16-19(17-5-2,18-6-3)10-9-13-7-8-14-12-15(14)11-13/h13-15H,4-12H2,1-3H3. The molecule has 112 valence electrons. The average Bonchev–Trinajstić information content (AvgIpc) is 3.16. The number of rotatable bonds is 9. The number of fused-ring (bicyclic) bond motifs is 1. The lowest BCUT2D eigenvalue weighted by Crippen LogP contribution is -2.46. The maximum absolute atomic E-state index is 5.93. The highest BCUT2D eigenvalue weighted by molar-refractivity contribution is 6.60. The van der Waals surface area contributed by atoms with Gasteiger partial charge in [-0.15, -0.1) is 0 Å². The van der Waals surface area contributed by atoms with Crippen molar-refractivity contribution < 1.29 is 13.3 Å². The highest BCUT2D eigenvalue weighted by atomic mass is 28.4. The molecule has 19 heavy (non-hydrogen) atoms. The summed E-state index contributed by atoms with van der Waals surface area (Å²) >= 11 is 0. The smallest absolute Gasteiger partial charge is 0.374 e. The third-order valence-corrected chi connectivity index (χ3v) is 7.69. The molecule has 0 aromatic carbocycles. The molecule has 2 rings (SSSR count). The molecule has 0 saturated heterocycles. The minimum Gasteiger partial charge on any atom is -0.374 e. The molecule has 2 aliphatic carbocycles. The fourth-order valence-electron chi connectivity index (χ4n) is 3.59. The Balaban J connectivity index is 1.82. The highest BCUT2D eigenvalue weighted by Crippen LogP contribution is 2.52. The highest BCUT2D eigenvalue weighted by Gasteiger charge is 2.44. The van der Waals surface area contributed by atoms with Crippen LogP contribution >= 0.6 is 0 Å². The number of hydrogen-bond acceptors (Lipinski definition) is 3. The Labute approximate surface area is 119 Å². The summed E-state index contributed by atoms with van der Waals surface area (Å²) in [6.45, 7) is 8.20. The molecule has 0 spiro atoms. The SMILES string of the molecule is CCO[Si](CCC1CCC2CC2C1)(OCC)OCC. The van der Waals surface area contributed by atoms with E-state index in [1.165, 1.54) is 32.1 Å². The van der Waals surface area contributed by atoms with Gasteiger partial charge in [0.1, 0.15) is 0 Å². The van der Waals surface area contributed by atoms with Crippen molar-refractivity contribution in [3.63, 3.8) is 0 Å². The van der Waals surface area contributed by atoms with E-state index in [-0.39, 0.29) is 0 Å². The van der Waals surface area contributed by atoms with Crippen LogP contribution in [0.4, 0.5) is 0 Å². The average molecular weight is 286 g/mol. The summed E-state index contributed by atoms with van der Waals surface area (Å²) in [7, 11) is -2.39. The third kappa shape index (κ3) is 4.28. The Morgan fingerprint density at radius 2 is 1.47 bits per heavy atom. The summed E-state index contributed by atoms with van der Waals surface area (Å²) < 4.78 is 17.8. The van der Waals surface area contributed by atoms with Crippen LogP contribution in [0.1, 0.15) is 52.9 Å². The van der Waals surface area contributed by atoms with Gasteiger partial charge < -0.3 is 13.3 Å². The van der Waals surface area contributed by atoms with E-state index < -0.39 is 8.80 Å². The molecule has 0 aromatic heterocycles. The molecule has 3 unspecified atom stereocenters. The molecule has 0 N–H and O–H groups in total. The number of hydrogen-bond donors (Lipinski definition) is 0. The van der Waals surface area contributed by atoms with E-state index in [9.17, 15) is 0 Å². The first-order chi connectivity index (χ1) is 9.23. The van der Waals surface area contributed by atoms with Crippen molar-refractivity contribution in [2.75, 3.05) is 19.8 Å². The van der Waals surface area contributed by atoms with Crippen LogP contribution in [0.25, 0.3) is 0 Å². The monoisotopic (exact) mass is 286 g/mol. The zero-order chi connectivity index (χ0) is 13.7. The van der Waals surface area contributed by atoms with Gasteiger partial charge in [-0.05, 0) is 64.2 Å². The molecule has 2 fully saturated rings. The van der Waals surface area contributed by atoms with Crippen LogP contribution in [-0.2, 0) is 13.3 Å². The predicted octanol–water partition coefficient (Wildman–Crippen LogP) is 3.86. The molecule has 4 heteroatoms. The minimum absolute atomic E-state index is 0.696. The van der Waals surface area contributed by atoms with E-state index in [1.54, 1.807) is 0 Å². The van der Waals surface area contributed by atoms with Crippen molar-refractivity contribution in [1.29, 1.82) is 0 Å². The van der Waals surface area contributed by atoms with Gasteiger partial charge in [0.15, 0.2) is 0 Å². The zero-order valence-electron chi connectivity index (χ0n) is 12.8. The molecule has 2 aliphatic rings. The van der Waals surface area contributed by atoms with Crippen LogP contribution in [0.5, 0.6) is 0 Å². The summed E-state index contributed by atoms with van der Waals surface area (Å²) in [4.78, 5) is 0. The van der Waals surface area contributed by atoms with Gasteiger partial charge in [0.2, 0.25) is 0 Å². The van der Waals surface area contributed by atoms with Crippen LogP contribution in [0.15, 0.2) is 0 Å². The Morgan fingerprint density at radius 1 is 0.842 bits per heavy atom. The maximum Gasteiger partial charge on any atom is 0.500 e. The van der Waals surface area contributed by atoms with Crippen molar-refractivity contribution >= 4 is 8.80 Å². The first-order valence-electron chi connectivity index (χ1n) is 8.14. The van der Waals surface area contributed by atoms with Gasteiger partial charge in [0, 0.05) is 25.9 Å². The topological polar surface area (TPSA) is 27.7 Å². The lowest BCUT2D eigenvalue weighted by molar-refractivity contribution is 0.0689. The van der Waals surface area contributed by atoms with Gasteiger partial charge >= 0.3 is 8.80 Å². The molecular weight excluding hydrogens is 256 g/mol. The first kappa shape index (κ1) is 15.5. The van der Waals surface area contributed by atoms with Crippen molar-refractivity contribution in [3.8, 4) is 0 Å². The van der Waals surface area contributed by atoms with Crippen molar-refractivity contribution in [2.45, 2.75) is 58.9 Å². The summed E-state index contributed by atoms with van der Waals surface area (Å²) in [5, 5.41) is 0. The fraction of sp³-hybridized carbons (Fsp3) is 1.00. The quantitative estimate of drug-likeness (QED) is 0.602. The molecule has 3 nitrogen and oxygen atoms in total. The van der Waals surface area contributed by atoms with Crippen molar-refractivity contribution in [1.82, 2.24) is 0 Å². The largest absolute Gasteiger partial charge is 0.500 e. The Kier molecular flexibility index (Phi) is 5.87. The molecule has 0 heterocycles. The molecule has 0 bridgehead atoms. The second-order valence-electron chi connectivity index (χ2n) is 5.96. The summed E-state index contributed by atoms with van der Waals surface area (Å²) in [5.74, 6) is 3.03. The van der Waals surface area contributed by atoms with E-state index in [1.807, 2.05) is 20.8 Å². The van der Waals surface area contributed by atoms with Gasteiger partial charge in [0.25, 0.3) is 0 Å². The van der Waals surface area contributed by atoms with Crippen LogP contribution in [0, 0.1) is 17.8 Å². The van der Waals surface area contributed by atoms with Gasteiger partial charge in [0.05, 0.1) is 0 Å². The van der Waals surface area contributed by atoms with E-state index in [0.717, 1.165) is 23.8 Å². The molecule has 0 radical (unpaired) electrons. The van der Waals surface area contributed by atoms with Crippen LogP contribution < -0.4 is 0 Å². The van der Waals surface area contributed by atoms with Crippen LogP contribution in [-0.4, -0.2) is 28.6 Å². The Bertz CT molecular complexity index is 255. The van der Waals surface area contributed by atoms with Crippen molar-refractivity contribution in [2.24, 2.45) is 17.8 Å². The molecule has 0 aromatic rings. The summed E-state index contributed by atoms with van der Waals surface area (Å²) in [6.07, 6.45) is 7.05. The van der Waals surface area contributed by atoms with E-state index in [2.05, 4.69) is 0 Å². The molecule has 2 saturated carbocycles. The maximum atomic E-state index is 5.93. The minimum atomic E-state index is -2.39. The van der Waals surface area contributed by atoms with E-state index in [0.29, 0.717) is 19.8 Å². The second kappa shape index (κ2) is 7.20. The van der Waals surface area contributed by atoms with Gasteiger partial charge in [-0.25, -0.2) is 0 Å². The van der Waals surface area contributed by atoms with Gasteiger partial charge in [-0.3, -0.25) is 0 Å². The summed E-state index contributed by atoms with van der Waals surface area (Å²) in [6, 6.07) is 1.00. The molecule has 3 atom stereocenters. The Morgan fingerprint density at radius 3 is 2.00 bits per heavy atom. The molecule has 0 aliphatic heterocycles. The lowest BCUT2D eigenvalue weighted by Gasteiger charge is -2.30. The van der Waals surface area contributed by atoms with E-state index in [4.69, 9.17) is 13.3 Å². The Hall–Kier alpha value is 0.0969. The van der Waals surface area contributed by atoms with E-state index >= 15 is 0 Å². The molecular formula is C15H30O3Si. The van der Waals surface area contributed by atoms with Gasteiger partial charge in [-0.1, -0.05) is 6.42 Å².